The molecule has 0 fully saturated rings. The maximum atomic E-state index is 9.89. The van der Waals surface area contributed by atoms with Crippen LogP contribution >= 0.6 is 0 Å². The van der Waals surface area contributed by atoms with Gasteiger partial charge >= 0.3 is 0 Å². The molecule has 0 aliphatic carbocycles. The van der Waals surface area contributed by atoms with Gasteiger partial charge in [0, 0.05) is 5.56 Å². The molecule has 0 unspecified atom stereocenters. The van der Waals surface area contributed by atoms with Crippen LogP contribution in [0, 0.1) is 5.92 Å². The Morgan fingerprint density at radius 2 is 2.00 bits per heavy atom. The van der Waals surface area contributed by atoms with E-state index in [-0.39, 0.29) is 6.10 Å². The lowest BCUT2D eigenvalue weighted by Gasteiger charge is -2.17. The lowest BCUT2D eigenvalue weighted by molar-refractivity contribution is 0.0383. The molecule has 70 valence electrons. The largest absolute Gasteiger partial charge is 0.487 e. The third kappa shape index (κ3) is 1.31. The number of benzene rings is 1. The lowest BCUT2D eigenvalue weighted by Crippen LogP contribution is -2.24. The second-order valence-electron chi connectivity index (χ2n) is 3.81. The quantitative estimate of drug-likeness (QED) is 0.714. The van der Waals surface area contributed by atoms with Gasteiger partial charge in [0.2, 0.25) is 0 Å². The van der Waals surface area contributed by atoms with Crippen LogP contribution in [0.4, 0.5) is 0 Å². The van der Waals surface area contributed by atoms with E-state index in [2.05, 4.69) is 13.8 Å². The molecule has 0 radical (unpaired) electrons. The van der Waals surface area contributed by atoms with E-state index in [0.717, 1.165) is 11.3 Å². The first-order valence-electron chi connectivity index (χ1n) is 4.64. The van der Waals surface area contributed by atoms with E-state index in [1.54, 1.807) is 0 Å². The van der Waals surface area contributed by atoms with Crippen molar-refractivity contribution in [2.75, 3.05) is 0 Å². The Morgan fingerprint density at radius 1 is 1.31 bits per heavy atom. The molecule has 1 aromatic rings. The summed E-state index contributed by atoms with van der Waals surface area (Å²) in [6, 6.07) is 7.67. The van der Waals surface area contributed by atoms with E-state index in [1.165, 1.54) is 0 Å². The minimum Gasteiger partial charge on any atom is -0.487 e. The van der Waals surface area contributed by atoms with Crippen LogP contribution < -0.4 is 4.74 Å². The molecule has 1 aliphatic heterocycles. The number of aliphatic hydroxyl groups excluding tert-OH is 1. The number of para-hydroxylation sites is 1. The van der Waals surface area contributed by atoms with Crippen molar-refractivity contribution in [1.82, 2.24) is 0 Å². The molecule has 1 N–H and O–H groups in total. The fourth-order valence-corrected chi connectivity index (χ4v) is 1.72. The maximum absolute atomic E-state index is 9.89. The van der Waals surface area contributed by atoms with Gasteiger partial charge in [-0.2, -0.15) is 0 Å². The predicted octanol–water partition coefficient (Wildman–Crippen LogP) is 2.14. The van der Waals surface area contributed by atoms with E-state index in [0.29, 0.717) is 5.92 Å². The van der Waals surface area contributed by atoms with Crippen molar-refractivity contribution in [2.24, 2.45) is 5.92 Å². The summed E-state index contributed by atoms with van der Waals surface area (Å²) in [5, 5.41) is 9.89. The molecule has 13 heavy (non-hydrogen) atoms. The van der Waals surface area contributed by atoms with E-state index in [9.17, 15) is 5.11 Å². The van der Waals surface area contributed by atoms with E-state index in [4.69, 9.17) is 4.74 Å². The standard InChI is InChI=1S/C11H14O2/c1-7(2)11-10(12)8-5-3-4-6-9(8)13-11/h3-7,10-12H,1-2H3/t10-,11-/m0/s1. The van der Waals surface area contributed by atoms with Crippen LogP contribution in [0.15, 0.2) is 24.3 Å². The van der Waals surface area contributed by atoms with Crippen LogP contribution in [0.5, 0.6) is 5.75 Å². The molecule has 0 bridgehead atoms. The Morgan fingerprint density at radius 3 is 2.62 bits per heavy atom. The van der Waals surface area contributed by atoms with Crippen LogP contribution in [-0.2, 0) is 0 Å². The fourth-order valence-electron chi connectivity index (χ4n) is 1.72. The van der Waals surface area contributed by atoms with E-state index >= 15 is 0 Å². The van der Waals surface area contributed by atoms with Crippen molar-refractivity contribution in [1.29, 1.82) is 0 Å². The summed E-state index contributed by atoms with van der Waals surface area (Å²) >= 11 is 0. The first kappa shape index (κ1) is 8.57. The topological polar surface area (TPSA) is 29.5 Å². The van der Waals surface area contributed by atoms with Crippen LogP contribution in [0.25, 0.3) is 0 Å². The number of rotatable bonds is 1. The van der Waals surface area contributed by atoms with E-state index < -0.39 is 6.10 Å². The van der Waals surface area contributed by atoms with Crippen molar-refractivity contribution in [3.05, 3.63) is 29.8 Å². The first-order valence-corrected chi connectivity index (χ1v) is 4.64. The molecule has 2 rings (SSSR count). The normalized spacial score (nSPS) is 25.8. The minimum absolute atomic E-state index is 0.0857. The Kier molecular flexibility index (Phi) is 2.00. The zero-order valence-electron chi connectivity index (χ0n) is 7.90. The van der Waals surface area contributed by atoms with Crippen molar-refractivity contribution < 1.29 is 9.84 Å². The predicted molar refractivity (Wildman–Crippen MR) is 50.7 cm³/mol. The average Bonchev–Trinajstić information content (AvgIpc) is 2.45. The van der Waals surface area contributed by atoms with Crippen LogP contribution in [0.1, 0.15) is 25.5 Å². The Hall–Kier alpha value is -1.02. The fraction of sp³-hybridized carbons (Fsp3) is 0.455. The van der Waals surface area contributed by atoms with Gasteiger partial charge in [0.15, 0.2) is 0 Å². The van der Waals surface area contributed by atoms with Crippen molar-refractivity contribution in [3.63, 3.8) is 0 Å². The van der Waals surface area contributed by atoms with E-state index in [1.807, 2.05) is 24.3 Å². The lowest BCUT2D eigenvalue weighted by atomic mass is 9.99. The van der Waals surface area contributed by atoms with Gasteiger partial charge in [-0.15, -0.1) is 0 Å². The molecule has 0 aromatic heterocycles. The average molecular weight is 178 g/mol. The number of fused-ring (bicyclic) bond motifs is 1. The molecule has 1 aliphatic rings. The Balaban J connectivity index is 2.32. The molecule has 2 nitrogen and oxygen atoms in total. The summed E-state index contributed by atoms with van der Waals surface area (Å²) in [5.74, 6) is 1.16. The van der Waals surface area contributed by atoms with Gasteiger partial charge in [-0.1, -0.05) is 32.0 Å². The number of hydrogen-bond donors (Lipinski definition) is 1. The SMILES string of the molecule is CC(C)[C@@H]1Oc2ccccc2[C@@H]1O. The van der Waals surface area contributed by atoms with Crippen molar-refractivity contribution in [3.8, 4) is 5.75 Å². The third-order valence-electron chi connectivity index (χ3n) is 2.47. The Labute approximate surface area is 78.2 Å². The summed E-state index contributed by atoms with van der Waals surface area (Å²) in [7, 11) is 0. The van der Waals surface area contributed by atoms with Gasteiger partial charge in [-0.05, 0) is 12.0 Å². The second-order valence-corrected chi connectivity index (χ2v) is 3.81. The third-order valence-corrected chi connectivity index (χ3v) is 2.47. The van der Waals surface area contributed by atoms with Crippen molar-refractivity contribution >= 4 is 0 Å². The van der Waals surface area contributed by atoms with Crippen LogP contribution in [0.3, 0.4) is 0 Å². The molecule has 0 spiro atoms. The molecule has 0 saturated heterocycles. The number of aliphatic hydroxyl groups is 1. The highest BCUT2D eigenvalue weighted by atomic mass is 16.5. The first-order chi connectivity index (χ1) is 6.20. The highest BCUT2D eigenvalue weighted by Crippen LogP contribution is 2.38. The molecule has 2 atom stereocenters. The zero-order valence-corrected chi connectivity index (χ0v) is 7.90. The molecular weight excluding hydrogens is 164 g/mol. The van der Waals surface area contributed by atoms with Gasteiger partial charge < -0.3 is 9.84 Å². The highest BCUT2D eigenvalue weighted by molar-refractivity contribution is 5.39. The van der Waals surface area contributed by atoms with Gasteiger partial charge in [-0.25, -0.2) is 0 Å². The molecule has 2 heteroatoms. The molecule has 1 aromatic carbocycles. The minimum atomic E-state index is -0.462. The zero-order chi connectivity index (χ0) is 9.42. The van der Waals surface area contributed by atoms with Gasteiger partial charge in [0.1, 0.15) is 18.0 Å². The molecule has 0 amide bonds. The maximum Gasteiger partial charge on any atom is 0.131 e. The van der Waals surface area contributed by atoms with Crippen molar-refractivity contribution in [2.45, 2.75) is 26.1 Å². The summed E-state index contributed by atoms with van der Waals surface area (Å²) < 4.78 is 5.63. The highest BCUT2D eigenvalue weighted by Gasteiger charge is 2.34. The van der Waals surface area contributed by atoms with Gasteiger partial charge in [-0.3, -0.25) is 0 Å². The number of ether oxygens (including phenoxy) is 1. The monoisotopic (exact) mass is 178 g/mol. The summed E-state index contributed by atoms with van der Waals surface area (Å²) in [6.45, 7) is 4.11. The molecular formula is C11H14O2. The van der Waals surface area contributed by atoms with Crippen LogP contribution in [0.2, 0.25) is 0 Å². The van der Waals surface area contributed by atoms with Gasteiger partial charge in [0.05, 0.1) is 0 Å². The number of hydrogen-bond acceptors (Lipinski definition) is 2. The summed E-state index contributed by atoms with van der Waals surface area (Å²) in [4.78, 5) is 0. The summed E-state index contributed by atoms with van der Waals surface area (Å²) in [6.07, 6.45) is -0.548. The Bertz CT molecular complexity index is 307. The smallest absolute Gasteiger partial charge is 0.131 e. The second kappa shape index (κ2) is 3.04. The molecule has 0 saturated carbocycles. The molecule has 1 heterocycles. The van der Waals surface area contributed by atoms with Crippen LogP contribution in [-0.4, -0.2) is 11.2 Å². The van der Waals surface area contributed by atoms with Gasteiger partial charge in [0.25, 0.3) is 0 Å². The summed E-state index contributed by atoms with van der Waals surface area (Å²) in [5.41, 5.74) is 0.918.